The summed E-state index contributed by atoms with van der Waals surface area (Å²) in [6.07, 6.45) is 4.97. The smallest absolute Gasteiger partial charge is 0.228 e. The minimum atomic E-state index is -0.182. The van der Waals surface area contributed by atoms with Crippen LogP contribution in [0.2, 0.25) is 4.34 Å². The van der Waals surface area contributed by atoms with Gasteiger partial charge in [-0.15, -0.1) is 11.3 Å². The molecule has 2 fully saturated rings. The Morgan fingerprint density at radius 3 is 2.74 bits per heavy atom. The molecule has 2 amide bonds. The summed E-state index contributed by atoms with van der Waals surface area (Å²) >= 11 is 7.48. The minimum Gasteiger partial charge on any atom is -0.339 e. The van der Waals surface area contributed by atoms with E-state index in [1.807, 2.05) is 28.9 Å². The molecule has 1 aromatic rings. The van der Waals surface area contributed by atoms with Crippen LogP contribution in [0, 0.1) is 5.92 Å². The fraction of sp³-hybridized carbons (Fsp3) is 0.647. The number of hydrogen-bond acceptors (Lipinski definition) is 3. The summed E-state index contributed by atoms with van der Waals surface area (Å²) < 4.78 is 0.743. The molecule has 4 nitrogen and oxygen atoms in total. The molecule has 3 rings (SSSR count). The normalized spacial score (nSPS) is 22.1. The molecule has 2 aliphatic rings. The number of carbonyl (C=O) groups is 2. The lowest BCUT2D eigenvalue weighted by molar-refractivity contribution is -0.136. The van der Waals surface area contributed by atoms with Crippen molar-refractivity contribution in [2.75, 3.05) is 13.1 Å². The summed E-state index contributed by atoms with van der Waals surface area (Å²) in [5.41, 5.74) is 0. The summed E-state index contributed by atoms with van der Waals surface area (Å²) in [4.78, 5) is 30.0. The first-order valence-corrected chi connectivity index (χ1v) is 9.60. The van der Waals surface area contributed by atoms with Crippen LogP contribution in [-0.2, 0) is 16.1 Å². The van der Waals surface area contributed by atoms with E-state index in [1.54, 1.807) is 0 Å². The van der Waals surface area contributed by atoms with Crippen LogP contribution >= 0.6 is 22.9 Å². The number of carbonyl (C=O) groups excluding carboxylic acids is 2. The average molecular weight is 355 g/mol. The fourth-order valence-corrected chi connectivity index (χ4v) is 4.80. The maximum atomic E-state index is 12.8. The van der Waals surface area contributed by atoms with E-state index >= 15 is 0 Å². The lowest BCUT2D eigenvalue weighted by Crippen LogP contribution is -2.38. The van der Waals surface area contributed by atoms with E-state index in [0.29, 0.717) is 32.1 Å². The molecule has 0 N–H and O–H groups in total. The molecule has 0 aromatic carbocycles. The maximum absolute atomic E-state index is 12.8. The first kappa shape index (κ1) is 16.8. The fourth-order valence-electron chi connectivity index (χ4n) is 3.69. The van der Waals surface area contributed by atoms with Crippen molar-refractivity contribution >= 4 is 34.8 Å². The summed E-state index contributed by atoms with van der Waals surface area (Å²) in [7, 11) is 0. The van der Waals surface area contributed by atoms with Crippen molar-refractivity contribution in [3.8, 4) is 0 Å². The number of amides is 2. The predicted molar refractivity (Wildman–Crippen MR) is 92.5 cm³/mol. The molecule has 1 saturated heterocycles. The average Bonchev–Trinajstić information content (AvgIpc) is 3.25. The summed E-state index contributed by atoms with van der Waals surface area (Å²) in [6.45, 7) is 3.83. The third-order valence-electron chi connectivity index (χ3n) is 4.94. The van der Waals surface area contributed by atoms with Gasteiger partial charge in [-0.2, -0.15) is 0 Å². The van der Waals surface area contributed by atoms with Crippen LogP contribution in [0.25, 0.3) is 0 Å². The van der Waals surface area contributed by atoms with E-state index < -0.39 is 0 Å². The summed E-state index contributed by atoms with van der Waals surface area (Å²) in [5, 5.41) is 0. The number of likely N-dealkylation sites (tertiary alicyclic amines) is 1. The van der Waals surface area contributed by atoms with Gasteiger partial charge in [-0.25, -0.2) is 0 Å². The van der Waals surface area contributed by atoms with Crippen LogP contribution in [0.3, 0.4) is 0 Å². The first-order chi connectivity index (χ1) is 11.1. The van der Waals surface area contributed by atoms with Crippen LogP contribution in [0.5, 0.6) is 0 Å². The van der Waals surface area contributed by atoms with E-state index in [0.717, 1.165) is 22.1 Å². The van der Waals surface area contributed by atoms with Crippen molar-refractivity contribution in [2.24, 2.45) is 5.92 Å². The van der Waals surface area contributed by atoms with Crippen molar-refractivity contribution in [3.63, 3.8) is 0 Å². The molecular weight excluding hydrogens is 332 g/mol. The molecule has 126 valence electrons. The number of halogens is 1. The Morgan fingerprint density at radius 1 is 1.39 bits per heavy atom. The van der Waals surface area contributed by atoms with Gasteiger partial charge in [0, 0.05) is 30.4 Å². The SMILES string of the molecule is CCN(Cc1ccc(Cl)s1)C(=O)[C@@H]1CC(=O)N(C2CCCC2)C1. The Bertz CT molecular complexity index is 583. The Balaban J connectivity index is 1.63. The zero-order valence-corrected chi connectivity index (χ0v) is 15.0. The molecular formula is C17H23ClN2O2S. The van der Waals surface area contributed by atoms with Crippen molar-refractivity contribution in [1.29, 1.82) is 0 Å². The molecule has 1 saturated carbocycles. The standard InChI is InChI=1S/C17H23ClN2O2S/c1-2-19(11-14-7-8-15(18)23-14)17(22)12-9-16(21)20(10-12)13-5-3-4-6-13/h7-8,12-13H,2-6,9-11H2,1H3/t12-/m1/s1. The lowest BCUT2D eigenvalue weighted by Gasteiger charge is -2.26. The van der Waals surface area contributed by atoms with E-state index in [2.05, 4.69) is 0 Å². The van der Waals surface area contributed by atoms with Gasteiger partial charge in [-0.3, -0.25) is 9.59 Å². The summed E-state index contributed by atoms with van der Waals surface area (Å²) in [6, 6.07) is 4.19. The highest BCUT2D eigenvalue weighted by Gasteiger charge is 2.39. The van der Waals surface area contributed by atoms with Crippen molar-refractivity contribution in [1.82, 2.24) is 9.80 Å². The van der Waals surface area contributed by atoms with E-state index in [1.165, 1.54) is 24.2 Å². The lowest BCUT2D eigenvalue weighted by atomic mass is 10.1. The Kier molecular flexibility index (Phi) is 5.27. The van der Waals surface area contributed by atoms with Gasteiger partial charge in [-0.1, -0.05) is 24.4 Å². The Morgan fingerprint density at radius 2 is 2.13 bits per heavy atom. The second-order valence-corrected chi connectivity index (χ2v) is 8.24. The highest BCUT2D eigenvalue weighted by Crippen LogP contribution is 2.31. The molecule has 0 bridgehead atoms. The zero-order valence-electron chi connectivity index (χ0n) is 13.5. The maximum Gasteiger partial charge on any atom is 0.228 e. The van der Waals surface area contributed by atoms with Gasteiger partial charge in [0.1, 0.15) is 0 Å². The van der Waals surface area contributed by atoms with Crippen LogP contribution in [0.1, 0.15) is 43.9 Å². The van der Waals surface area contributed by atoms with Gasteiger partial charge in [0.15, 0.2) is 0 Å². The number of thiophene rings is 1. The molecule has 0 unspecified atom stereocenters. The second-order valence-electron chi connectivity index (χ2n) is 6.44. The van der Waals surface area contributed by atoms with Crippen molar-refractivity contribution < 1.29 is 9.59 Å². The van der Waals surface area contributed by atoms with Gasteiger partial charge < -0.3 is 9.80 Å². The van der Waals surface area contributed by atoms with Crippen molar-refractivity contribution in [3.05, 3.63) is 21.3 Å². The van der Waals surface area contributed by atoms with Gasteiger partial charge in [0.2, 0.25) is 11.8 Å². The van der Waals surface area contributed by atoms with E-state index in [9.17, 15) is 9.59 Å². The molecule has 23 heavy (non-hydrogen) atoms. The highest BCUT2D eigenvalue weighted by molar-refractivity contribution is 7.16. The van der Waals surface area contributed by atoms with Gasteiger partial charge >= 0.3 is 0 Å². The number of rotatable bonds is 5. The highest BCUT2D eigenvalue weighted by atomic mass is 35.5. The van der Waals surface area contributed by atoms with Crippen LogP contribution in [-0.4, -0.2) is 40.7 Å². The number of nitrogens with zero attached hydrogens (tertiary/aromatic N) is 2. The van der Waals surface area contributed by atoms with Crippen molar-refractivity contribution in [2.45, 2.75) is 51.6 Å². The third kappa shape index (κ3) is 3.72. The predicted octanol–water partition coefficient (Wildman–Crippen LogP) is 3.54. The quantitative estimate of drug-likeness (QED) is 0.811. The zero-order chi connectivity index (χ0) is 16.4. The minimum absolute atomic E-state index is 0.103. The Labute approximate surface area is 146 Å². The molecule has 1 aromatic heterocycles. The van der Waals surface area contributed by atoms with E-state index in [4.69, 9.17) is 11.6 Å². The molecule has 0 radical (unpaired) electrons. The van der Waals surface area contributed by atoms with Crippen LogP contribution < -0.4 is 0 Å². The third-order valence-corrected chi connectivity index (χ3v) is 6.16. The molecule has 1 aliphatic carbocycles. The molecule has 6 heteroatoms. The number of hydrogen-bond donors (Lipinski definition) is 0. The first-order valence-electron chi connectivity index (χ1n) is 8.41. The summed E-state index contributed by atoms with van der Waals surface area (Å²) in [5.74, 6) is 0.0785. The molecule has 1 aliphatic heterocycles. The van der Waals surface area contributed by atoms with Gasteiger partial charge in [-0.05, 0) is 31.9 Å². The molecule has 0 spiro atoms. The molecule has 2 heterocycles. The van der Waals surface area contributed by atoms with Gasteiger partial charge in [0.05, 0.1) is 16.8 Å². The Hall–Kier alpha value is -1.07. The van der Waals surface area contributed by atoms with Crippen LogP contribution in [0.4, 0.5) is 0 Å². The second kappa shape index (κ2) is 7.22. The molecule has 1 atom stereocenters. The topological polar surface area (TPSA) is 40.6 Å². The largest absolute Gasteiger partial charge is 0.339 e. The van der Waals surface area contributed by atoms with E-state index in [-0.39, 0.29) is 17.7 Å². The van der Waals surface area contributed by atoms with Gasteiger partial charge in [0.25, 0.3) is 0 Å². The monoisotopic (exact) mass is 354 g/mol. The van der Waals surface area contributed by atoms with Crippen LogP contribution in [0.15, 0.2) is 12.1 Å².